The molecule has 2 atom stereocenters. The zero-order chi connectivity index (χ0) is 9.14. The lowest BCUT2D eigenvalue weighted by molar-refractivity contribution is -0.136. The number of rotatable bonds is 3. The summed E-state index contributed by atoms with van der Waals surface area (Å²) < 4.78 is 12.0. The first kappa shape index (κ1) is 9.57. The van der Waals surface area contributed by atoms with Crippen LogP contribution >= 0.6 is 11.3 Å². The molecule has 1 aromatic rings. The summed E-state index contributed by atoms with van der Waals surface area (Å²) in [6.45, 7) is 1.44. The van der Waals surface area contributed by atoms with Crippen molar-refractivity contribution in [2.24, 2.45) is 0 Å². The van der Waals surface area contributed by atoms with Crippen molar-refractivity contribution >= 4 is 28.5 Å². The van der Waals surface area contributed by atoms with E-state index in [4.69, 9.17) is 5.11 Å². The third kappa shape index (κ3) is 2.00. The lowest BCUT2D eigenvalue weighted by atomic mass is 10.5. The van der Waals surface area contributed by atoms with Crippen molar-refractivity contribution in [3.05, 3.63) is 17.5 Å². The van der Waals surface area contributed by atoms with Crippen LogP contribution in [0.2, 0.25) is 0 Å². The van der Waals surface area contributed by atoms with Crippen LogP contribution in [0.4, 0.5) is 0 Å². The first-order valence-corrected chi connectivity index (χ1v) is 5.39. The smallest absolute Gasteiger partial charge is 0.357 e. The van der Waals surface area contributed by atoms with E-state index in [0.29, 0.717) is 4.21 Å². The minimum Gasteiger partial charge on any atom is -0.610 e. The molecule has 0 fully saturated rings. The Bertz CT molecular complexity index is 258. The molecule has 0 bridgehead atoms. The number of thiophene rings is 1. The summed E-state index contributed by atoms with van der Waals surface area (Å²) in [6, 6.07) is 3.44. The molecule has 0 amide bonds. The van der Waals surface area contributed by atoms with Crippen LogP contribution in [-0.4, -0.2) is 20.9 Å². The Hall–Kier alpha value is -0.520. The molecule has 5 heteroatoms. The normalized spacial score (nSPS) is 15.5. The van der Waals surface area contributed by atoms with E-state index in [-0.39, 0.29) is 0 Å². The molecule has 2 unspecified atom stereocenters. The summed E-state index contributed by atoms with van der Waals surface area (Å²) in [6.07, 6.45) is 0. The third-order valence-electron chi connectivity index (χ3n) is 1.36. The fourth-order valence-electron chi connectivity index (χ4n) is 0.644. The van der Waals surface area contributed by atoms with Crippen molar-refractivity contribution in [1.82, 2.24) is 0 Å². The van der Waals surface area contributed by atoms with Crippen LogP contribution in [0.15, 0.2) is 21.7 Å². The Morgan fingerprint density at radius 2 is 2.50 bits per heavy atom. The molecule has 3 nitrogen and oxygen atoms in total. The van der Waals surface area contributed by atoms with Crippen LogP contribution in [0.3, 0.4) is 0 Å². The maximum atomic E-state index is 11.4. The Labute approximate surface area is 77.2 Å². The van der Waals surface area contributed by atoms with Gasteiger partial charge in [-0.2, -0.15) is 0 Å². The summed E-state index contributed by atoms with van der Waals surface area (Å²) in [7, 11) is 0. The molecule has 0 saturated heterocycles. The second-order valence-corrected chi connectivity index (χ2v) is 5.16. The zero-order valence-corrected chi connectivity index (χ0v) is 8.02. The van der Waals surface area contributed by atoms with E-state index in [0.717, 1.165) is 0 Å². The van der Waals surface area contributed by atoms with E-state index in [1.165, 1.54) is 18.3 Å². The summed E-state index contributed by atoms with van der Waals surface area (Å²) in [5.74, 6) is -1.03. The maximum Gasteiger partial charge on any atom is 0.357 e. The average molecular weight is 204 g/mol. The average Bonchev–Trinajstić information content (AvgIpc) is 2.53. The fraction of sp³-hybridized carbons (Fsp3) is 0.286. The summed E-state index contributed by atoms with van der Waals surface area (Å²) >= 11 is -0.0949. The zero-order valence-electron chi connectivity index (χ0n) is 6.39. The monoisotopic (exact) mass is 204 g/mol. The highest BCUT2D eigenvalue weighted by Gasteiger charge is 2.27. The molecule has 1 rings (SSSR count). The molecule has 1 heterocycles. The van der Waals surface area contributed by atoms with Crippen molar-refractivity contribution in [2.75, 3.05) is 0 Å². The molecule has 0 aliphatic heterocycles. The van der Waals surface area contributed by atoms with Gasteiger partial charge in [-0.1, -0.05) is 11.3 Å². The van der Waals surface area contributed by atoms with E-state index in [2.05, 4.69) is 0 Å². The predicted molar refractivity (Wildman–Crippen MR) is 47.8 cm³/mol. The molecular weight excluding hydrogens is 196 g/mol. The van der Waals surface area contributed by atoms with Crippen LogP contribution in [0.5, 0.6) is 0 Å². The second kappa shape index (κ2) is 3.93. The van der Waals surface area contributed by atoms with E-state index in [9.17, 15) is 9.35 Å². The Morgan fingerprint density at radius 3 is 2.92 bits per heavy atom. The highest BCUT2D eigenvalue weighted by molar-refractivity contribution is 7.94. The Kier molecular flexibility index (Phi) is 3.13. The molecule has 1 N–H and O–H groups in total. The largest absolute Gasteiger partial charge is 0.610 e. The predicted octanol–water partition coefficient (Wildman–Crippen LogP) is 1.33. The second-order valence-electron chi connectivity index (χ2n) is 2.21. The number of hydrogen-bond acceptors (Lipinski definition) is 3. The molecule has 0 aliphatic rings. The van der Waals surface area contributed by atoms with Crippen LogP contribution in [0.1, 0.15) is 6.92 Å². The van der Waals surface area contributed by atoms with Crippen LogP contribution < -0.4 is 0 Å². The van der Waals surface area contributed by atoms with Gasteiger partial charge in [0.05, 0.1) is 0 Å². The standard InChI is InChI=1S/C7H8O3S2/c1-5(7(8)9)12(10)6-3-2-4-11-6/h2-5H,1H3,(H,8,9). The van der Waals surface area contributed by atoms with Crippen LogP contribution in [0.25, 0.3) is 0 Å². The van der Waals surface area contributed by atoms with Crippen molar-refractivity contribution in [2.45, 2.75) is 16.4 Å². The van der Waals surface area contributed by atoms with Gasteiger partial charge in [-0.05, 0) is 18.4 Å². The van der Waals surface area contributed by atoms with E-state index < -0.39 is 22.4 Å². The Balaban J connectivity index is 2.71. The lowest BCUT2D eigenvalue weighted by Gasteiger charge is -2.11. The van der Waals surface area contributed by atoms with Crippen molar-refractivity contribution in [1.29, 1.82) is 0 Å². The molecule has 66 valence electrons. The third-order valence-corrected chi connectivity index (χ3v) is 4.18. The summed E-state index contributed by atoms with van der Waals surface area (Å²) in [5, 5.41) is 9.51. The van der Waals surface area contributed by atoms with Crippen LogP contribution in [0, 0.1) is 0 Å². The number of hydrogen-bond donors (Lipinski definition) is 1. The van der Waals surface area contributed by atoms with Crippen molar-refractivity contribution < 1.29 is 14.5 Å². The van der Waals surface area contributed by atoms with Gasteiger partial charge in [0, 0.05) is 17.2 Å². The quantitative estimate of drug-likeness (QED) is 0.755. The molecule has 0 radical (unpaired) electrons. The van der Waals surface area contributed by atoms with Gasteiger partial charge in [0.1, 0.15) is 0 Å². The van der Waals surface area contributed by atoms with Gasteiger partial charge in [0.15, 0.2) is 0 Å². The fourth-order valence-corrected chi connectivity index (χ4v) is 2.82. The van der Waals surface area contributed by atoms with Gasteiger partial charge >= 0.3 is 5.97 Å². The number of carboxylic acid groups (broad SMARTS) is 1. The van der Waals surface area contributed by atoms with Gasteiger partial charge in [0.25, 0.3) is 0 Å². The van der Waals surface area contributed by atoms with Gasteiger partial charge < -0.3 is 9.66 Å². The minimum absolute atomic E-state index is 0.616. The molecule has 0 spiro atoms. The molecule has 0 saturated carbocycles. The van der Waals surface area contributed by atoms with Crippen molar-refractivity contribution in [3.63, 3.8) is 0 Å². The SMILES string of the molecule is CC(C(=O)O)[S+]([O-])c1cccs1. The van der Waals surface area contributed by atoms with E-state index >= 15 is 0 Å². The van der Waals surface area contributed by atoms with Gasteiger partial charge in [-0.3, -0.25) is 0 Å². The molecule has 0 aliphatic carbocycles. The van der Waals surface area contributed by atoms with Gasteiger partial charge in [-0.25, -0.2) is 4.79 Å². The van der Waals surface area contributed by atoms with E-state index in [1.54, 1.807) is 17.5 Å². The number of aliphatic carboxylic acids is 1. The number of carboxylic acids is 1. The summed E-state index contributed by atoms with van der Waals surface area (Å²) in [4.78, 5) is 10.4. The topological polar surface area (TPSA) is 60.4 Å². The highest BCUT2D eigenvalue weighted by atomic mass is 32.2. The molecule has 12 heavy (non-hydrogen) atoms. The minimum atomic E-state index is -1.41. The highest BCUT2D eigenvalue weighted by Crippen LogP contribution is 2.20. The van der Waals surface area contributed by atoms with Crippen LogP contribution in [-0.2, 0) is 16.0 Å². The van der Waals surface area contributed by atoms with Gasteiger partial charge in [-0.15, -0.1) is 0 Å². The number of carbonyl (C=O) groups is 1. The van der Waals surface area contributed by atoms with E-state index in [1.807, 2.05) is 0 Å². The Morgan fingerprint density at radius 1 is 1.83 bits per heavy atom. The maximum absolute atomic E-state index is 11.4. The van der Waals surface area contributed by atoms with Crippen molar-refractivity contribution in [3.8, 4) is 0 Å². The molecular formula is C7H8O3S2. The van der Waals surface area contributed by atoms with Gasteiger partial charge in [0.2, 0.25) is 9.46 Å². The lowest BCUT2D eigenvalue weighted by Crippen LogP contribution is -2.26. The molecule has 0 aromatic carbocycles. The molecule has 1 aromatic heterocycles. The first-order chi connectivity index (χ1) is 5.63. The summed E-state index contributed by atoms with van der Waals surface area (Å²) in [5.41, 5.74) is 0. The first-order valence-electron chi connectivity index (χ1n) is 3.30.